The fraction of sp³-hybridized carbons (Fsp3) is 0.643. The van der Waals surface area contributed by atoms with Gasteiger partial charge in [-0.05, 0) is 82.2 Å². The molecule has 1 aromatic heterocycles. The van der Waals surface area contributed by atoms with Crippen molar-refractivity contribution < 1.29 is 9.59 Å². The number of benzene rings is 1. The normalized spacial score (nSPS) is 23.3. The first-order chi connectivity index (χ1) is 16.9. The van der Waals surface area contributed by atoms with Gasteiger partial charge in [-0.2, -0.15) is 0 Å². The number of nitrogens with one attached hydrogen (secondary N) is 2. The number of rotatable bonds is 5. The van der Waals surface area contributed by atoms with Crippen LogP contribution >= 0.6 is 0 Å². The summed E-state index contributed by atoms with van der Waals surface area (Å²) in [6, 6.07) is 8.34. The van der Waals surface area contributed by atoms with Crippen molar-refractivity contribution in [2.45, 2.75) is 63.5 Å². The summed E-state index contributed by atoms with van der Waals surface area (Å²) in [6.45, 7) is 7.65. The van der Waals surface area contributed by atoms with Crippen molar-refractivity contribution in [1.29, 1.82) is 0 Å². The van der Waals surface area contributed by atoms with Crippen LogP contribution in [0.5, 0.6) is 0 Å². The molecule has 190 valence electrons. The summed E-state index contributed by atoms with van der Waals surface area (Å²) >= 11 is 0. The van der Waals surface area contributed by atoms with E-state index in [1.807, 2.05) is 42.3 Å². The van der Waals surface area contributed by atoms with Crippen molar-refractivity contribution in [3.8, 4) is 0 Å². The zero-order valence-electron chi connectivity index (χ0n) is 21.4. The standard InChI is InChI=1S/C28H41N5O2/c1-28(23-6-4-3-5-7-23,30-26(34)22-9-8-21-10-13-29-25(21)20-22)27(35)33-18-16-32(17-19-33)24-11-14-31(2)15-12-24/h8-10,13,20,23-24,29H,3-7,11-12,14-19H2,1-2H3,(H,30,34)/t28-/m1/s1. The average molecular weight is 480 g/mol. The van der Waals surface area contributed by atoms with Gasteiger partial charge in [0.1, 0.15) is 5.54 Å². The monoisotopic (exact) mass is 479 g/mol. The van der Waals surface area contributed by atoms with Crippen LogP contribution in [0.25, 0.3) is 10.9 Å². The Bertz CT molecular complexity index is 1030. The lowest BCUT2D eigenvalue weighted by molar-refractivity contribution is -0.142. The third-order valence-electron chi connectivity index (χ3n) is 8.86. The molecule has 0 bridgehead atoms. The largest absolute Gasteiger partial charge is 0.361 e. The minimum atomic E-state index is -0.877. The van der Waals surface area contributed by atoms with E-state index in [1.54, 1.807) is 0 Å². The predicted octanol–water partition coefficient (Wildman–Crippen LogP) is 3.48. The van der Waals surface area contributed by atoms with Crippen molar-refractivity contribution in [3.05, 3.63) is 36.0 Å². The van der Waals surface area contributed by atoms with Gasteiger partial charge in [0, 0.05) is 49.5 Å². The lowest BCUT2D eigenvalue weighted by Gasteiger charge is -2.46. The highest BCUT2D eigenvalue weighted by Gasteiger charge is 2.46. The number of fused-ring (bicyclic) bond motifs is 1. The van der Waals surface area contributed by atoms with Crippen LogP contribution in [0.3, 0.4) is 0 Å². The van der Waals surface area contributed by atoms with Crippen LogP contribution in [-0.4, -0.2) is 89.4 Å². The van der Waals surface area contributed by atoms with E-state index in [-0.39, 0.29) is 17.7 Å². The second kappa shape index (κ2) is 10.3. The summed E-state index contributed by atoms with van der Waals surface area (Å²) in [4.78, 5) is 37.7. The van der Waals surface area contributed by atoms with Gasteiger partial charge in [0.05, 0.1) is 0 Å². The molecule has 3 fully saturated rings. The van der Waals surface area contributed by atoms with Gasteiger partial charge in [0.15, 0.2) is 0 Å². The molecule has 1 aliphatic carbocycles. The van der Waals surface area contributed by atoms with Gasteiger partial charge in [-0.15, -0.1) is 0 Å². The van der Waals surface area contributed by atoms with E-state index < -0.39 is 5.54 Å². The number of aromatic nitrogens is 1. The van der Waals surface area contributed by atoms with Gasteiger partial charge < -0.3 is 20.1 Å². The molecule has 3 aliphatic rings. The molecule has 2 amide bonds. The van der Waals surface area contributed by atoms with E-state index in [0.717, 1.165) is 75.9 Å². The van der Waals surface area contributed by atoms with E-state index in [1.165, 1.54) is 19.3 Å². The fourth-order valence-electron chi connectivity index (χ4n) is 6.49. The Morgan fingerprint density at radius 2 is 1.66 bits per heavy atom. The molecule has 2 aromatic rings. The summed E-state index contributed by atoms with van der Waals surface area (Å²) in [6.07, 6.45) is 9.77. The predicted molar refractivity (Wildman–Crippen MR) is 139 cm³/mol. The van der Waals surface area contributed by atoms with E-state index in [4.69, 9.17) is 0 Å². The number of carbonyl (C=O) groups excluding carboxylic acids is 2. The minimum Gasteiger partial charge on any atom is -0.361 e. The number of nitrogens with zero attached hydrogens (tertiary/aromatic N) is 3. The summed E-state index contributed by atoms with van der Waals surface area (Å²) in [5.41, 5.74) is 0.660. The van der Waals surface area contributed by atoms with Crippen molar-refractivity contribution in [3.63, 3.8) is 0 Å². The zero-order valence-corrected chi connectivity index (χ0v) is 21.4. The lowest BCUT2D eigenvalue weighted by atomic mass is 9.74. The molecule has 7 nitrogen and oxygen atoms in total. The van der Waals surface area contributed by atoms with E-state index in [0.29, 0.717) is 11.6 Å². The first-order valence-corrected chi connectivity index (χ1v) is 13.6. The summed E-state index contributed by atoms with van der Waals surface area (Å²) in [7, 11) is 2.20. The van der Waals surface area contributed by atoms with Crippen LogP contribution in [0.2, 0.25) is 0 Å². The highest BCUT2D eigenvalue weighted by atomic mass is 16.2. The third-order valence-corrected chi connectivity index (χ3v) is 8.86. The highest BCUT2D eigenvalue weighted by Crippen LogP contribution is 2.35. The number of likely N-dealkylation sites (tertiary alicyclic amines) is 1. The summed E-state index contributed by atoms with van der Waals surface area (Å²) in [5, 5.41) is 4.33. The maximum absolute atomic E-state index is 14.1. The Balaban J connectivity index is 1.29. The molecule has 0 spiro atoms. The Labute approximate surface area is 209 Å². The maximum atomic E-state index is 14.1. The van der Waals surface area contributed by atoms with E-state index >= 15 is 0 Å². The molecule has 3 heterocycles. The van der Waals surface area contributed by atoms with Crippen molar-refractivity contribution >= 4 is 22.7 Å². The summed E-state index contributed by atoms with van der Waals surface area (Å²) in [5.74, 6) is 0.114. The molecule has 2 N–H and O–H groups in total. The van der Waals surface area contributed by atoms with Gasteiger partial charge >= 0.3 is 0 Å². The van der Waals surface area contributed by atoms with Gasteiger partial charge in [-0.25, -0.2) is 0 Å². The number of piperazine rings is 1. The molecule has 35 heavy (non-hydrogen) atoms. The molecule has 1 saturated carbocycles. The Morgan fingerprint density at radius 1 is 0.943 bits per heavy atom. The van der Waals surface area contributed by atoms with Crippen LogP contribution in [-0.2, 0) is 4.79 Å². The van der Waals surface area contributed by atoms with Crippen LogP contribution < -0.4 is 5.32 Å². The minimum absolute atomic E-state index is 0.0988. The number of H-pyrrole nitrogens is 1. The maximum Gasteiger partial charge on any atom is 0.252 e. The molecule has 7 heteroatoms. The molecule has 5 rings (SSSR count). The second-order valence-electron chi connectivity index (χ2n) is 11.1. The van der Waals surface area contributed by atoms with Gasteiger partial charge in [0.2, 0.25) is 5.91 Å². The topological polar surface area (TPSA) is 71.7 Å². The van der Waals surface area contributed by atoms with Crippen LogP contribution in [0.4, 0.5) is 0 Å². The number of amides is 2. The first-order valence-electron chi connectivity index (χ1n) is 13.6. The molecule has 0 unspecified atom stereocenters. The summed E-state index contributed by atoms with van der Waals surface area (Å²) < 4.78 is 0. The number of piperidine rings is 1. The molecule has 1 aromatic carbocycles. The smallest absolute Gasteiger partial charge is 0.252 e. The average Bonchev–Trinajstić information content (AvgIpc) is 3.37. The zero-order chi connectivity index (χ0) is 24.4. The number of carbonyl (C=O) groups is 2. The molecule has 2 aliphatic heterocycles. The molecule has 2 saturated heterocycles. The molecular weight excluding hydrogens is 438 g/mol. The van der Waals surface area contributed by atoms with Crippen LogP contribution in [0.15, 0.2) is 30.5 Å². The van der Waals surface area contributed by atoms with Crippen molar-refractivity contribution in [2.24, 2.45) is 5.92 Å². The lowest BCUT2D eigenvalue weighted by Crippen LogP contribution is -2.65. The molecule has 0 radical (unpaired) electrons. The van der Waals surface area contributed by atoms with Gasteiger partial charge in [-0.3, -0.25) is 14.5 Å². The Hall–Kier alpha value is -2.38. The Kier molecular flexibility index (Phi) is 7.17. The van der Waals surface area contributed by atoms with Crippen molar-refractivity contribution in [1.82, 2.24) is 25.0 Å². The van der Waals surface area contributed by atoms with E-state index in [9.17, 15) is 9.59 Å². The fourth-order valence-corrected chi connectivity index (χ4v) is 6.49. The van der Waals surface area contributed by atoms with Gasteiger partial charge in [0.25, 0.3) is 5.91 Å². The molecule has 1 atom stereocenters. The Morgan fingerprint density at radius 3 is 2.37 bits per heavy atom. The number of hydrogen-bond acceptors (Lipinski definition) is 4. The number of hydrogen-bond donors (Lipinski definition) is 2. The van der Waals surface area contributed by atoms with Crippen LogP contribution in [0.1, 0.15) is 62.2 Å². The second-order valence-corrected chi connectivity index (χ2v) is 11.1. The highest BCUT2D eigenvalue weighted by molar-refractivity contribution is 6.01. The van der Waals surface area contributed by atoms with Crippen LogP contribution in [0, 0.1) is 5.92 Å². The molecular formula is C28H41N5O2. The first kappa shape index (κ1) is 24.3. The third kappa shape index (κ3) is 5.12. The van der Waals surface area contributed by atoms with Crippen molar-refractivity contribution in [2.75, 3.05) is 46.3 Å². The number of aromatic amines is 1. The van der Waals surface area contributed by atoms with Gasteiger partial charge in [-0.1, -0.05) is 25.3 Å². The SMILES string of the molecule is CN1CCC(N2CCN(C(=O)[C@](C)(NC(=O)c3ccc4cc[nH]c4c3)C3CCCCC3)CC2)CC1. The van der Waals surface area contributed by atoms with E-state index in [2.05, 4.69) is 27.1 Å². The quantitative estimate of drug-likeness (QED) is 0.689.